The van der Waals surface area contributed by atoms with Crippen molar-refractivity contribution in [1.82, 2.24) is 0 Å². The molecule has 2 atom stereocenters. The summed E-state index contributed by atoms with van der Waals surface area (Å²) in [5.74, 6) is 0. The summed E-state index contributed by atoms with van der Waals surface area (Å²) < 4.78 is 5.49. The SMILES string of the molecule is Nc1cccc2c1C1=C2C=CC2(N)OC12. The highest BCUT2D eigenvalue weighted by Gasteiger charge is 2.58. The molecule has 1 aromatic carbocycles. The highest BCUT2D eigenvalue weighted by atomic mass is 16.6. The summed E-state index contributed by atoms with van der Waals surface area (Å²) in [6.45, 7) is 0. The van der Waals surface area contributed by atoms with Crippen LogP contribution in [0.5, 0.6) is 0 Å². The number of anilines is 1. The van der Waals surface area contributed by atoms with Crippen molar-refractivity contribution in [3.8, 4) is 0 Å². The van der Waals surface area contributed by atoms with Crippen LogP contribution in [-0.2, 0) is 4.74 Å². The fraction of sp³-hybridized carbons (Fsp3) is 0.167. The lowest BCUT2D eigenvalue weighted by Crippen LogP contribution is -2.29. The molecule has 1 heterocycles. The Morgan fingerprint density at radius 3 is 3.07 bits per heavy atom. The molecule has 0 saturated carbocycles. The predicted octanol–water partition coefficient (Wildman–Crippen LogP) is 1.12. The van der Waals surface area contributed by atoms with E-state index in [0.717, 1.165) is 11.3 Å². The van der Waals surface area contributed by atoms with Gasteiger partial charge in [0.05, 0.1) is 0 Å². The maximum atomic E-state index is 5.96. The van der Waals surface area contributed by atoms with Crippen LogP contribution >= 0.6 is 0 Å². The van der Waals surface area contributed by atoms with Crippen LogP contribution in [0, 0.1) is 0 Å². The van der Waals surface area contributed by atoms with Crippen LogP contribution in [0.3, 0.4) is 0 Å². The highest BCUT2D eigenvalue weighted by molar-refractivity contribution is 6.14. The van der Waals surface area contributed by atoms with Crippen molar-refractivity contribution in [2.75, 3.05) is 5.73 Å². The van der Waals surface area contributed by atoms with Gasteiger partial charge in [0.25, 0.3) is 0 Å². The molecule has 3 nitrogen and oxygen atoms in total. The second-order valence-corrected chi connectivity index (χ2v) is 4.28. The number of benzene rings is 1. The minimum absolute atomic E-state index is 0.0229. The van der Waals surface area contributed by atoms with Crippen molar-refractivity contribution in [1.29, 1.82) is 0 Å². The van der Waals surface area contributed by atoms with Gasteiger partial charge < -0.3 is 10.5 Å². The van der Waals surface area contributed by atoms with Gasteiger partial charge in [-0.15, -0.1) is 0 Å². The van der Waals surface area contributed by atoms with Gasteiger partial charge >= 0.3 is 0 Å². The van der Waals surface area contributed by atoms with Crippen molar-refractivity contribution in [2.24, 2.45) is 5.73 Å². The van der Waals surface area contributed by atoms with Gasteiger partial charge in [-0.05, 0) is 23.3 Å². The number of hydrogen-bond acceptors (Lipinski definition) is 3. The van der Waals surface area contributed by atoms with E-state index < -0.39 is 5.72 Å². The molecular formula is C12H10N2O. The minimum atomic E-state index is -0.557. The number of ether oxygens (including phenoxy) is 1. The first kappa shape index (κ1) is 7.68. The van der Waals surface area contributed by atoms with Gasteiger partial charge in [-0.2, -0.15) is 0 Å². The first-order chi connectivity index (χ1) is 7.21. The molecule has 0 bridgehead atoms. The smallest absolute Gasteiger partial charge is 0.168 e. The van der Waals surface area contributed by atoms with E-state index in [9.17, 15) is 0 Å². The van der Waals surface area contributed by atoms with Crippen molar-refractivity contribution >= 4 is 16.8 Å². The second-order valence-electron chi connectivity index (χ2n) is 4.28. The normalized spacial score (nSPS) is 34.1. The Labute approximate surface area is 87.0 Å². The van der Waals surface area contributed by atoms with Crippen LogP contribution in [-0.4, -0.2) is 11.8 Å². The summed E-state index contributed by atoms with van der Waals surface area (Å²) in [5.41, 5.74) is 17.0. The summed E-state index contributed by atoms with van der Waals surface area (Å²) in [5, 5.41) is 0. The van der Waals surface area contributed by atoms with E-state index in [-0.39, 0.29) is 6.10 Å². The Bertz CT molecular complexity index is 559. The molecule has 1 saturated heterocycles. The fourth-order valence-electron chi connectivity index (χ4n) is 2.56. The molecule has 2 aliphatic carbocycles. The summed E-state index contributed by atoms with van der Waals surface area (Å²) in [6.07, 6.45) is 4.00. The zero-order valence-electron chi connectivity index (χ0n) is 8.03. The third-order valence-electron chi connectivity index (χ3n) is 3.39. The largest absolute Gasteiger partial charge is 0.398 e. The van der Waals surface area contributed by atoms with Gasteiger partial charge in [0.15, 0.2) is 5.72 Å². The third-order valence-corrected chi connectivity index (χ3v) is 3.39. The number of rotatable bonds is 0. The van der Waals surface area contributed by atoms with E-state index in [4.69, 9.17) is 16.2 Å². The quantitative estimate of drug-likeness (QED) is 0.485. The van der Waals surface area contributed by atoms with Crippen molar-refractivity contribution in [3.05, 3.63) is 41.5 Å². The third kappa shape index (κ3) is 0.715. The molecule has 0 aromatic heterocycles. The van der Waals surface area contributed by atoms with E-state index in [0.29, 0.717) is 0 Å². The Hall–Kier alpha value is -1.58. The molecule has 3 aliphatic rings. The van der Waals surface area contributed by atoms with Gasteiger partial charge in [0.1, 0.15) is 6.10 Å². The van der Waals surface area contributed by atoms with Crippen molar-refractivity contribution in [3.63, 3.8) is 0 Å². The zero-order valence-corrected chi connectivity index (χ0v) is 8.03. The molecule has 1 fully saturated rings. The van der Waals surface area contributed by atoms with Gasteiger partial charge in [-0.1, -0.05) is 18.2 Å². The van der Waals surface area contributed by atoms with Crippen LogP contribution in [0.4, 0.5) is 5.69 Å². The molecule has 0 spiro atoms. The zero-order chi connectivity index (χ0) is 10.2. The number of allylic oxidation sites excluding steroid dienone is 2. The van der Waals surface area contributed by atoms with Gasteiger partial charge in [0, 0.05) is 16.8 Å². The summed E-state index contributed by atoms with van der Waals surface area (Å²) >= 11 is 0. The van der Waals surface area contributed by atoms with E-state index in [2.05, 4.69) is 6.07 Å². The summed E-state index contributed by atoms with van der Waals surface area (Å²) in [4.78, 5) is 0. The molecule has 4 rings (SSSR count). The average molecular weight is 198 g/mol. The fourth-order valence-corrected chi connectivity index (χ4v) is 2.56. The Balaban J connectivity index is 1.95. The van der Waals surface area contributed by atoms with E-state index in [1.807, 2.05) is 24.3 Å². The van der Waals surface area contributed by atoms with Gasteiger partial charge in [0.2, 0.25) is 0 Å². The van der Waals surface area contributed by atoms with Crippen molar-refractivity contribution in [2.45, 2.75) is 11.8 Å². The first-order valence-corrected chi connectivity index (χ1v) is 5.00. The molecule has 74 valence electrons. The second kappa shape index (κ2) is 2.01. The van der Waals surface area contributed by atoms with Crippen molar-refractivity contribution < 1.29 is 4.74 Å². The topological polar surface area (TPSA) is 64.6 Å². The standard InChI is InChI=1S/C12H10N2O/c13-8-3-1-2-6-7-4-5-12(14)11(15-12)10(7)9(6)8/h1-5,11H,13-14H2. The molecule has 3 heteroatoms. The molecule has 2 unspecified atom stereocenters. The maximum absolute atomic E-state index is 5.96. The van der Waals surface area contributed by atoms with Gasteiger partial charge in [-0.25, -0.2) is 0 Å². The van der Waals surface area contributed by atoms with Gasteiger partial charge in [-0.3, -0.25) is 5.73 Å². The average Bonchev–Trinajstić information content (AvgIpc) is 2.83. The Morgan fingerprint density at radius 2 is 2.20 bits per heavy atom. The minimum Gasteiger partial charge on any atom is -0.398 e. The molecule has 1 aromatic rings. The number of nitrogen functional groups attached to an aromatic ring is 1. The first-order valence-electron chi connectivity index (χ1n) is 5.00. The van der Waals surface area contributed by atoms with E-state index in [1.54, 1.807) is 0 Å². The van der Waals surface area contributed by atoms with Crippen LogP contribution in [0.15, 0.2) is 30.4 Å². The lowest BCUT2D eigenvalue weighted by Gasteiger charge is -2.29. The molecular weight excluding hydrogens is 188 g/mol. The summed E-state index contributed by atoms with van der Waals surface area (Å²) in [6, 6.07) is 5.98. The lowest BCUT2D eigenvalue weighted by atomic mass is 9.74. The molecule has 0 amide bonds. The molecule has 4 N–H and O–H groups in total. The van der Waals surface area contributed by atoms with Crippen LogP contribution in [0.25, 0.3) is 11.1 Å². The molecule has 1 aliphatic heterocycles. The lowest BCUT2D eigenvalue weighted by molar-refractivity contribution is 0.349. The number of fused-ring (bicyclic) bond motifs is 5. The highest BCUT2D eigenvalue weighted by Crippen LogP contribution is 2.57. The van der Waals surface area contributed by atoms with E-state index in [1.165, 1.54) is 16.7 Å². The maximum Gasteiger partial charge on any atom is 0.168 e. The van der Waals surface area contributed by atoms with Crippen LogP contribution in [0.1, 0.15) is 11.1 Å². The van der Waals surface area contributed by atoms with E-state index >= 15 is 0 Å². The Kier molecular flexibility index (Phi) is 1.03. The Morgan fingerprint density at radius 1 is 1.33 bits per heavy atom. The molecule has 0 radical (unpaired) electrons. The number of epoxide rings is 1. The van der Waals surface area contributed by atoms with Crippen LogP contribution < -0.4 is 11.5 Å². The number of nitrogens with two attached hydrogens (primary N) is 2. The molecule has 15 heavy (non-hydrogen) atoms. The van der Waals surface area contributed by atoms with Crippen LogP contribution in [0.2, 0.25) is 0 Å². The summed E-state index contributed by atoms with van der Waals surface area (Å²) in [7, 11) is 0. The monoisotopic (exact) mass is 198 g/mol. The predicted molar refractivity (Wildman–Crippen MR) is 58.6 cm³/mol. The number of hydrogen-bond donors (Lipinski definition) is 2.